The van der Waals surface area contributed by atoms with E-state index in [1.54, 1.807) is 0 Å². The number of hydrogen-bond acceptors (Lipinski definition) is 11. The van der Waals surface area contributed by atoms with Crippen LogP contribution in [0.3, 0.4) is 0 Å². The number of aliphatic hydroxyl groups is 3. The second-order valence-electron chi connectivity index (χ2n) is 15.0. The minimum Gasteiger partial charge on any atom is -0.462 e. The molecule has 12 nitrogen and oxygen atoms in total. The van der Waals surface area contributed by atoms with Gasteiger partial charge in [-0.25, -0.2) is 0 Å². The third-order valence-electron chi connectivity index (χ3n) is 9.64. The van der Waals surface area contributed by atoms with Crippen molar-refractivity contribution in [3.8, 4) is 0 Å². The maximum absolute atomic E-state index is 12.8. The first-order chi connectivity index (χ1) is 27.5. The van der Waals surface area contributed by atoms with Gasteiger partial charge in [0.05, 0.1) is 6.61 Å². The van der Waals surface area contributed by atoms with Crippen LogP contribution in [0.15, 0.2) is 48.6 Å². The molecule has 6 atom stereocenters. The average molecular weight is 829 g/mol. The summed E-state index contributed by atoms with van der Waals surface area (Å²) in [7, 11) is -4.60. The number of allylic oxidation sites excluding steroid dienone is 8. The first kappa shape index (κ1) is 52.6. The second-order valence-corrected chi connectivity index (χ2v) is 16.5. The number of ether oxygens (including phenoxy) is 4. The molecule has 57 heavy (non-hydrogen) atoms. The van der Waals surface area contributed by atoms with E-state index in [1.807, 2.05) is 0 Å². The zero-order chi connectivity index (χ0) is 42.0. The molecule has 0 bridgehead atoms. The zero-order valence-electron chi connectivity index (χ0n) is 34.9. The molecule has 0 aromatic carbocycles. The molecule has 2 unspecified atom stereocenters. The average Bonchev–Trinajstić information content (AvgIpc) is 3.17. The standard InChI is InChI=1S/C44H76O12S/c1-3-5-7-9-11-13-15-17-19-21-22-24-26-28-30-32-39(45)53-34-37(35-54-44-43(49)42(48)41(47)38(56-44)36-57(50,51)52)55-40(46)33-31-29-27-25-23-20-18-16-14-12-10-8-6-4-2/h5,7,11,13,16-19,37-38,41-44,47-49H,3-4,6,8-10,12,14-15,20-36H2,1-2H3,(H,50,51,52)/b7-5+,13-11+,18-16+,19-17+/t37-,38-,41-,42?,43?,44+/m1/s1. The summed E-state index contributed by atoms with van der Waals surface area (Å²) in [6, 6.07) is 0. The van der Waals surface area contributed by atoms with Crippen molar-refractivity contribution in [2.45, 2.75) is 198 Å². The minimum atomic E-state index is -4.60. The fraction of sp³-hybridized carbons (Fsp3) is 0.773. The molecule has 0 aromatic heterocycles. The number of carbonyl (C=O) groups is 2. The Morgan fingerprint density at radius 1 is 0.614 bits per heavy atom. The lowest BCUT2D eigenvalue weighted by molar-refractivity contribution is -0.297. The van der Waals surface area contributed by atoms with Gasteiger partial charge in [0.25, 0.3) is 10.1 Å². The van der Waals surface area contributed by atoms with Gasteiger partial charge in [-0.2, -0.15) is 8.42 Å². The third-order valence-corrected chi connectivity index (χ3v) is 10.4. The van der Waals surface area contributed by atoms with Crippen LogP contribution in [0.1, 0.15) is 162 Å². The number of unbranched alkanes of at least 4 members (excludes halogenated alkanes) is 15. The van der Waals surface area contributed by atoms with Crippen molar-refractivity contribution in [2.24, 2.45) is 0 Å². The van der Waals surface area contributed by atoms with Crippen LogP contribution in [0.5, 0.6) is 0 Å². The Balaban J connectivity index is 2.49. The van der Waals surface area contributed by atoms with Crippen molar-refractivity contribution in [3.05, 3.63) is 48.6 Å². The molecule has 0 amide bonds. The molecule has 1 saturated heterocycles. The Morgan fingerprint density at radius 3 is 1.67 bits per heavy atom. The molecule has 1 aliphatic rings. The quantitative estimate of drug-likeness (QED) is 0.0207. The van der Waals surface area contributed by atoms with E-state index in [1.165, 1.54) is 32.1 Å². The highest BCUT2D eigenvalue weighted by Crippen LogP contribution is 2.24. The number of rotatable bonds is 35. The van der Waals surface area contributed by atoms with E-state index in [2.05, 4.69) is 62.5 Å². The van der Waals surface area contributed by atoms with Gasteiger partial charge in [-0.15, -0.1) is 0 Å². The molecule has 0 aliphatic carbocycles. The highest BCUT2D eigenvalue weighted by molar-refractivity contribution is 7.85. The van der Waals surface area contributed by atoms with Crippen molar-refractivity contribution in [3.63, 3.8) is 0 Å². The van der Waals surface area contributed by atoms with Crippen LogP contribution in [-0.2, 0) is 38.7 Å². The summed E-state index contributed by atoms with van der Waals surface area (Å²) in [4.78, 5) is 25.3. The topological polar surface area (TPSA) is 186 Å². The van der Waals surface area contributed by atoms with Gasteiger partial charge in [0.1, 0.15) is 36.8 Å². The predicted molar refractivity (Wildman–Crippen MR) is 224 cm³/mol. The SMILES string of the molecule is CC/C=C/C/C=C/C/C=C/CCCCCCCC(=O)OC[C@H](CO[C@H]1O[C@H](CS(=O)(=O)O)[C@@H](O)C(O)C1O)OC(=O)CCCCCCC/C=C/CCCCCCC. The Labute approximate surface area is 343 Å². The molecule has 330 valence electrons. The van der Waals surface area contributed by atoms with Gasteiger partial charge in [-0.05, 0) is 70.6 Å². The lowest BCUT2D eigenvalue weighted by atomic mass is 10.00. The smallest absolute Gasteiger partial charge is 0.306 e. The Kier molecular flexibility index (Phi) is 31.8. The fourth-order valence-electron chi connectivity index (χ4n) is 6.27. The third kappa shape index (κ3) is 29.5. The van der Waals surface area contributed by atoms with Crippen molar-refractivity contribution >= 4 is 22.1 Å². The summed E-state index contributed by atoms with van der Waals surface area (Å²) in [5.41, 5.74) is 0. The molecule has 1 heterocycles. The van der Waals surface area contributed by atoms with Crippen LogP contribution in [0, 0.1) is 0 Å². The van der Waals surface area contributed by atoms with Crippen LogP contribution >= 0.6 is 0 Å². The first-order valence-electron chi connectivity index (χ1n) is 21.7. The maximum atomic E-state index is 12.8. The molecule has 0 spiro atoms. The molecule has 0 saturated carbocycles. The van der Waals surface area contributed by atoms with Gasteiger partial charge in [0, 0.05) is 12.8 Å². The summed E-state index contributed by atoms with van der Waals surface area (Å²) < 4.78 is 54.0. The number of aliphatic hydroxyl groups excluding tert-OH is 3. The van der Waals surface area contributed by atoms with Gasteiger partial charge in [0.15, 0.2) is 12.4 Å². The zero-order valence-corrected chi connectivity index (χ0v) is 35.7. The summed E-state index contributed by atoms with van der Waals surface area (Å²) in [5, 5.41) is 30.8. The molecule has 1 rings (SSSR count). The van der Waals surface area contributed by atoms with Crippen LogP contribution in [0.4, 0.5) is 0 Å². The van der Waals surface area contributed by atoms with Gasteiger partial charge in [0.2, 0.25) is 0 Å². The Morgan fingerprint density at radius 2 is 1.11 bits per heavy atom. The van der Waals surface area contributed by atoms with Crippen molar-refractivity contribution < 1.29 is 56.8 Å². The Hall–Kier alpha value is -2.39. The summed E-state index contributed by atoms with van der Waals surface area (Å²) >= 11 is 0. The van der Waals surface area contributed by atoms with Crippen LogP contribution in [0.2, 0.25) is 0 Å². The largest absolute Gasteiger partial charge is 0.462 e. The van der Waals surface area contributed by atoms with Crippen LogP contribution < -0.4 is 0 Å². The summed E-state index contributed by atoms with van der Waals surface area (Å²) in [6.07, 6.45) is 30.1. The maximum Gasteiger partial charge on any atom is 0.306 e. The van der Waals surface area contributed by atoms with E-state index in [4.69, 9.17) is 18.9 Å². The van der Waals surface area contributed by atoms with E-state index in [0.29, 0.717) is 12.8 Å². The lowest BCUT2D eigenvalue weighted by Gasteiger charge is -2.40. The van der Waals surface area contributed by atoms with Crippen molar-refractivity contribution in [1.82, 2.24) is 0 Å². The van der Waals surface area contributed by atoms with Gasteiger partial charge >= 0.3 is 11.9 Å². The van der Waals surface area contributed by atoms with Crippen molar-refractivity contribution in [1.29, 1.82) is 0 Å². The summed E-state index contributed by atoms with van der Waals surface area (Å²) in [5.74, 6) is -2.02. The predicted octanol–water partition coefficient (Wildman–Crippen LogP) is 8.39. The summed E-state index contributed by atoms with van der Waals surface area (Å²) in [6.45, 7) is 3.60. The monoisotopic (exact) mass is 829 g/mol. The van der Waals surface area contributed by atoms with Crippen LogP contribution in [-0.4, -0.2) is 96.0 Å². The number of hydrogen-bond donors (Lipinski definition) is 4. The number of esters is 2. The molecule has 1 fully saturated rings. The molecule has 13 heteroatoms. The highest BCUT2D eigenvalue weighted by Gasteiger charge is 2.46. The minimum absolute atomic E-state index is 0.149. The molecule has 0 radical (unpaired) electrons. The fourth-order valence-corrected chi connectivity index (χ4v) is 6.96. The molecular weight excluding hydrogens is 753 g/mol. The number of carbonyl (C=O) groups excluding carboxylic acids is 2. The van der Waals surface area contributed by atoms with Crippen molar-refractivity contribution in [2.75, 3.05) is 19.0 Å². The normalized spacial score (nSPS) is 21.0. The molecule has 0 aromatic rings. The van der Waals surface area contributed by atoms with Crippen LogP contribution in [0.25, 0.3) is 0 Å². The first-order valence-corrected chi connectivity index (χ1v) is 23.3. The van der Waals surface area contributed by atoms with E-state index in [-0.39, 0.29) is 19.4 Å². The highest BCUT2D eigenvalue weighted by atomic mass is 32.2. The molecule has 1 aliphatic heterocycles. The lowest BCUT2D eigenvalue weighted by Crippen LogP contribution is -2.60. The molecular formula is C44H76O12S. The van der Waals surface area contributed by atoms with Gasteiger partial charge in [-0.1, -0.05) is 127 Å². The van der Waals surface area contributed by atoms with E-state index in [9.17, 15) is 37.9 Å². The second kappa shape index (κ2) is 34.5. The van der Waals surface area contributed by atoms with E-state index in [0.717, 1.165) is 89.9 Å². The van der Waals surface area contributed by atoms with E-state index >= 15 is 0 Å². The van der Waals surface area contributed by atoms with Gasteiger partial charge < -0.3 is 34.3 Å². The Bertz CT molecular complexity index is 1250. The van der Waals surface area contributed by atoms with Gasteiger partial charge in [-0.3, -0.25) is 14.1 Å². The molecule has 4 N–H and O–H groups in total. The van der Waals surface area contributed by atoms with E-state index < -0.39 is 71.2 Å².